The van der Waals surface area contributed by atoms with Gasteiger partial charge in [0.05, 0.1) is 19.3 Å². The van der Waals surface area contributed by atoms with Gasteiger partial charge in [-0.3, -0.25) is 9.10 Å². The van der Waals surface area contributed by atoms with E-state index in [-0.39, 0.29) is 34.1 Å². The number of para-hydroxylation sites is 1. The van der Waals surface area contributed by atoms with Crippen LogP contribution in [0, 0.1) is 5.82 Å². The molecule has 0 aliphatic carbocycles. The number of nitrogens with zero attached hydrogens (tertiary/aromatic N) is 3. The standard InChI is InChI=1S/C28H33FN4O6S2/c1-31(2)41(37,38)33(25-10-6-5-9-24(25)29)20-21-11-13-22(14-12-21)28(34)30-23-15-16-26(39-3)27(19-23)40(35,36)32-17-7-4-8-18-32/h5-6,9-16,19H,4,7-8,17-18,20H2,1-3H3,(H,30,34). The van der Waals surface area contributed by atoms with E-state index >= 15 is 0 Å². The fourth-order valence-corrected chi connectivity index (χ4v) is 7.27. The Kier molecular flexibility index (Phi) is 9.32. The Labute approximate surface area is 240 Å². The highest BCUT2D eigenvalue weighted by Gasteiger charge is 2.30. The van der Waals surface area contributed by atoms with Gasteiger partial charge in [-0.2, -0.15) is 17.0 Å². The number of ether oxygens (including phenoxy) is 1. The molecule has 3 aromatic carbocycles. The summed E-state index contributed by atoms with van der Waals surface area (Å²) >= 11 is 0. The van der Waals surface area contributed by atoms with E-state index in [0.29, 0.717) is 18.7 Å². The number of hydrogen-bond donors (Lipinski definition) is 1. The summed E-state index contributed by atoms with van der Waals surface area (Å²) in [6.45, 7) is 0.691. The predicted octanol–water partition coefficient (Wildman–Crippen LogP) is 4.07. The van der Waals surface area contributed by atoms with Crippen LogP contribution in [-0.4, -0.2) is 65.6 Å². The summed E-state index contributed by atoms with van der Waals surface area (Å²) in [6.07, 6.45) is 2.55. The molecule has 1 saturated heterocycles. The highest BCUT2D eigenvalue weighted by molar-refractivity contribution is 7.90. The first-order valence-electron chi connectivity index (χ1n) is 13.0. The lowest BCUT2D eigenvalue weighted by molar-refractivity contribution is 0.102. The Morgan fingerprint density at radius 3 is 2.22 bits per heavy atom. The summed E-state index contributed by atoms with van der Waals surface area (Å²) in [7, 11) is -3.73. The zero-order chi connectivity index (χ0) is 29.8. The molecule has 0 saturated carbocycles. The van der Waals surface area contributed by atoms with E-state index in [1.807, 2.05) is 0 Å². The number of nitrogens with one attached hydrogen (secondary N) is 1. The fourth-order valence-electron chi connectivity index (χ4n) is 4.47. The number of methoxy groups -OCH3 is 1. The molecule has 13 heteroatoms. The second kappa shape index (κ2) is 12.6. The highest BCUT2D eigenvalue weighted by atomic mass is 32.2. The molecule has 1 heterocycles. The number of sulfonamides is 1. The first-order valence-corrected chi connectivity index (χ1v) is 15.8. The Bertz CT molecular complexity index is 1610. The van der Waals surface area contributed by atoms with Crippen LogP contribution in [-0.2, 0) is 26.8 Å². The summed E-state index contributed by atoms with van der Waals surface area (Å²) in [6, 6.07) is 16.2. The summed E-state index contributed by atoms with van der Waals surface area (Å²) in [5.41, 5.74) is 0.962. The molecule has 10 nitrogen and oxygen atoms in total. The number of hydrogen-bond acceptors (Lipinski definition) is 6. The molecule has 0 radical (unpaired) electrons. The van der Waals surface area contributed by atoms with Crippen molar-refractivity contribution in [3.8, 4) is 5.75 Å². The lowest BCUT2D eigenvalue weighted by Crippen LogP contribution is -2.40. The molecular formula is C28H33FN4O6S2. The van der Waals surface area contributed by atoms with E-state index in [2.05, 4.69) is 5.32 Å². The molecule has 0 unspecified atom stereocenters. The van der Waals surface area contributed by atoms with Crippen LogP contribution in [0.15, 0.2) is 71.6 Å². The van der Waals surface area contributed by atoms with E-state index in [0.717, 1.165) is 27.9 Å². The van der Waals surface area contributed by atoms with Crippen molar-refractivity contribution in [2.45, 2.75) is 30.7 Å². The third kappa shape index (κ3) is 6.70. The molecule has 1 fully saturated rings. The van der Waals surface area contributed by atoms with Crippen LogP contribution >= 0.6 is 0 Å². The number of carbonyl (C=O) groups excluding carboxylic acids is 1. The first kappa shape index (κ1) is 30.4. The van der Waals surface area contributed by atoms with Gasteiger partial charge in [-0.1, -0.05) is 30.7 Å². The van der Waals surface area contributed by atoms with Gasteiger partial charge in [0.2, 0.25) is 10.0 Å². The Morgan fingerprint density at radius 2 is 1.61 bits per heavy atom. The Balaban J connectivity index is 1.54. The van der Waals surface area contributed by atoms with Crippen molar-refractivity contribution < 1.29 is 30.8 Å². The smallest absolute Gasteiger partial charge is 0.303 e. The Morgan fingerprint density at radius 1 is 0.951 bits per heavy atom. The summed E-state index contributed by atoms with van der Waals surface area (Å²) in [4.78, 5) is 13.0. The van der Waals surface area contributed by atoms with Crippen molar-refractivity contribution >= 4 is 37.5 Å². The van der Waals surface area contributed by atoms with Gasteiger partial charge < -0.3 is 10.1 Å². The van der Waals surface area contributed by atoms with Crippen LogP contribution in [0.25, 0.3) is 0 Å². The third-order valence-corrected chi connectivity index (χ3v) is 10.5. The largest absolute Gasteiger partial charge is 0.495 e. The van der Waals surface area contributed by atoms with Crippen molar-refractivity contribution in [2.75, 3.05) is 43.9 Å². The zero-order valence-corrected chi connectivity index (χ0v) is 24.7. The van der Waals surface area contributed by atoms with Gasteiger partial charge in [0.25, 0.3) is 5.91 Å². The van der Waals surface area contributed by atoms with Crippen LogP contribution in [0.5, 0.6) is 5.75 Å². The lowest BCUT2D eigenvalue weighted by Gasteiger charge is -2.27. The van der Waals surface area contributed by atoms with Crippen molar-refractivity contribution in [1.29, 1.82) is 0 Å². The average molecular weight is 605 g/mol. The maximum atomic E-state index is 14.5. The normalized spacial score (nSPS) is 14.6. The van der Waals surface area contributed by atoms with Crippen LogP contribution in [0.4, 0.5) is 15.8 Å². The molecule has 1 amide bonds. The minimum atomic E-state index is -4.03. The van der Waals surface area contributed by atoms with Crippen molar-refractivity contribution in [1.82, 2.24) is 8.61 Å². The van der Waals surface area contributed by atoms with E-state index < -0.39 is 32.0 Å². The maximum Gasteiger partial charge on any atom is 0.303 e. The maximum absolute atomic E-state index is 14.5. The number of anilines is 2. The Hall–Kier alpha value is -3.52. The van der Waals surface area contributed by atoms with E-state index in [9.17, 15) is 26.0 Å². The molecule has 0 aromatic heterocycles. The number of amides is 1. The second-order valence-electron chi connectivity index (χ2n) is 9.73. The van der Waals surface area contributed by atoms with Crippen molar-refractivity contribution in [3.63, 3.8) is 0 Å². The number of benzene rings is 3. The minimum Gasteiger partial charge on any atom is -0.495 e. The number of rotatable bonds is 10. The van der Waals surface area contributed by atoms with Crippen molar-refractivity contribution in [2.24, 2.45) is 0 Å². The van der Waals surface area contributed by atoms with Gasteiger partial charge in [0, 0.05) is 38.4 Å². The monoisotopic (exact) mass is 604 g/mol. The molecule has 1 N–H and O–H groups in total. The summed E-state index contributed by atoms with van der Waals surface area (Å²) in [5, 5.41) is 2.72. The lowest BCUT2D eigenvalue weighted by atomic mass is 10.1. The molecule has 41 heavy (non-hydrogen) atoms. The van der Waals surface area contributed by atoms with Gasteiger partial charge in [-0.05, 0) is 60.9 Å². The molecule has 1 aliphatic heterocycles. The average Bonchev–Trinajstić information content (AvgIpc) is 2.97. The molecule has 0 spiro atoms. The van der Waals surface area contributed by atoms with E-state index in [4.69, 9.17) is 4.74 Å². The first-order chi connectivity index (χ1) is 19.4. The van der Waals surface area contributed by atoms with Gasteiger partial charge >= 0.3 is 10.2 Å². The van der Waals surface area contributed by atoms with Gasteiger partial charge in [-0.25, -0.2) is 12.8 Å². The SMILES string of the molecule is COc1ccc(NC(=O)c2ccc(CN(c3ccccc3F)S(=O)(=O)N(C)C)cc2)cc1S(=O)(=O)N1CCCCC1. The van der Waals surface area contributed by atoms with Gasteiger partial charge in [-0.15, -0.1) is 0 Å². The molecule has 3 aromatic rings. The van der Waals surface area contributed by atoms with Gasteiger partial charge in [0.1, 0.15) is 16.5 Å². The number of piperidine rings is 1. The molecule has 0 atom stereocenters. The van der Waals surface area contributed by atoms with Crippen LogP contribution in [0.1, 0.15) is 35.2 Å². The molecule has 1 aliphatic rings. The summed E-state index contributed by atoms with van der Waals surface area (Å²) < 4.78 is 75.8. The van der Waals surface area contributed by atoms with Gasteiger partial charge in [0.15, 0.2) is 0 Å². The second-order valence-corrected chi connectivity index (χ2v) is 13.7. The molecular weight excluding hydrogens is 571 g/mol. The minimum absolute atomic E-state index is 0.0228. The van der Waals surface area contributed by atoms with E-state index in [1.165, 1.54) is 68.0 Å². The van der Waals surface area contributed by atoms with Crippen LogP contribution in [0.3, 0.4) is 0 Å². The molecule has 0 bridgehead atoms. The van der Waals surface area contributed by atoms with E-state index in [1.54, 1.807) is 24.3 Å². The number of halogens is 1. The highest BCUT2D eigenvalue weighted by Crippen LogP contribution is 2.31. The third-order valence-electron chi connectivity index (χ3n) is 6.76. The fraction of sp³-hybridized carbons (Fsp3) is 0.321. The van der Waals surface area contributed by atoms with Crippen molar-refractivity contribution in [3.05, 3.63) is 83.7 Å². The summed E-state index contributed by atoms with van der Waals surface area (Å²) in [5.74, 6) is -0.991. The predicted molar refractivity (Wildman–Crippen MR) is 155 cm³/mol. The van der Waals surface area contributed by atoms with Crippen LogP contribution in [0.2, 0.25) is 0 Å². The molecule has 4 rings (SSSR count). The quantitative estimate of drug-likeness (QED) is 0.373. The molecule has 220 valence electrons. The van der Waals surface area contributed by atoms with Crippen LogP contribution < -0.4 is 14.4 Å². The topological polar surface area (TPSA) is 116 Å². The zero-order valence-electron chi connectivity index (χ0n) is 23.1. The number of carbonyl (C=O) groups is 1.